The number of para-hydroxylation sites is 1. The van der Waals surface area contributed by atoms with Gasteiger partial charge in [-0.25, -0.2) is 4.99 Å². The van der Waals surface area contributed by atoms with Crippen LogP contribution in [0.25, 0.3) is 5.57 Å². The van der Waals surface area contributed by atoms with Crippen LogP contribution in [0.4, 0.5) is 0 Å². The SMILES string of the molecule is COc1ccccc1C1(N)N=C(N)NC=C1c1cnn(CC(C)C)c1. The molecule has 0 aliphatic carbocycles. The van der Waals surface area contributed by atoms with Gasteiger partial charge in [-0.2, -0.15) is 5.10 Å². The molecule has 0 fully saturated rings. The van der Waals surface area contributed by atoms with Crippen molar-refractivity contribution in [3.63, 3.8) is 0 Å². The van der Waals surface area contributed by atoms with E-state index >= 15 is 0 Å². The minimum atomic E-state index is -1.16. The molecule has 2 heterocycles. The van der Waals surface area contributed by atoms with E-state index in [2.05, 4.69) is 29.3 Å². The summed E-state index contributed by atoms with van der Waals surface area (Å²) in [7, 11) is 1.61. The molecule has 1 aromatic heterocycles. The first-order valence-corrected chi connectivity index (χ1v) is 8.21. The standard InChI is InChI=1S/C18H24N6O/c1-12(2)10-24-11-13(8-22-24)15-9-21-17(19)23-18(15,20)14-6-4-5-7-16(14)25-3/h4-9,11-12H,10,20H2,1-3H3,(H3,19,21,23). The summed E-state index contributed by atoms with van der Waals surface area (Å²) >= 11 is 0. The highest BCUT2D eigenvalue weighted by Gasteiger charge is 2.38. The Kier molecular flexibility index (Phi) is 4.50. The molecule has 5 N–H and O–H groups in total. The molecule has 7 nitrogen and oxygen atoms in total. The molecule has 0 bridgehead atoms. The van der Waals surface area contributed by atoms with E-state index in [4.69, 9.17) is 16.2 Å². The normalized spacial score (nSPS) is 20.0. The van der Waals surface area contributed by atoms with Gasteiger partial charge < -0.3 is 15.8 Å². The molecule has 1 aromatic carbocycles. The minimum absolute atomic E-state index is 0.256. The third-order valence-corrected chi connectivity index (χ3v) is 4.09. The Hall–Kier alpha value is -2.80. The number of nitrogens with zero attached hydrogens (tertiary/aromatic N) is 3. The number of nitrogens with two attached hydrogens (primary N) is 2. The van der Waals surface area contributed by atoms with E-state index in [1.165, 1.54) is 0 Å². The predicted molar refractivity (Wildman–Crippen MR) is 98.7 cm³/mol. The van der Waals surface area contributed by atoms with Crippen molar-refractivity contribution in [3.8, 4) is 5.75 Å². The van der Waals surface area contributed by atoms with Crippen LogP contribution < -0.4 is 21.5 Å². The Morgan fingerprint density at radius 1 is 1.32 bits per heavy atom. The summed E-state index contributed by atoms with van der Waals surface area (Å²) in [4.78, 5) is 4.50. The summed E-state index contributed by atoms with van der Waals surface area (Å²) in [5, 5.41) is 7.38. The Labute approximate surface area is 147 Å². The predicted octanol–water partition coefficient (Wildman–Crippen LogP) is 1.62. The summed E-state index contributed by atoms with van der Waals surface area (Å²) in [5.41, 5.74) is 13.9. The van der Waals surface area contributed by atoms with Crippen LogP contribution in [0.1, 0.15) is 25.0 Å². The van der Waals surface area contributed by atoms with E-state index in [9.17, 15) is 0 Å². The maximum atomic E-state index is 6.74. The van der Waals surface area contributed by atoms with Crippen LogP contribution in [-0.2, 0) is 12.2 Å². The lowest BCUT2D eigenvalue weighted by Crippen LogP contribution is -2.45. The van der Waals surface area contributed by atoms with Crippen LogP contribution in [0.15, 0.2) is 47.9 Å². The lowest BCUT2D eigenvalue weighted by Gasteiger charge is -2.32. The monoisotopic (exact) mass is 340 g/mol. The van der Waals surface area contributed by atoms with E-state index in [1.54, 1.807) is 19.5 Å². The number of aliphatic imine (C=N–C) groups is 1. The van der Waals surface area contributed by atoms with Crippen LogP contribution in [-0.4, -0.2) is 22.8 Å². The van der Waals surface area contributed by atoms with Crippen molar-refractivity contribution in [2.24, 2.45) is 22.4 Å². The fraction of sp³-hybridized carbons (Fsp3) is 0.333. The highest BCUT2D eigenvalue weighted by molar-refractivity contribution is 5.88. The van der Waals surface area contributed by atoms with Crippen LogP contribution in [0, 0.1) is 5.92 Å². The molecular formula is C18H24N6O. The lowest BCUT2D eigenvalue weighted by molar-refractivity contribution is 0.399. The van der Waals surface area contributed by atoms with Gasteiger partial charge in [0.1, 0.15) is 5.75 Å². The molecule has 7 heteroatoms. The smallest absolute Gasteiger partial charge is 0.195 e. The topological polar surface area (TPSA) is 103 Å². The second kappa shape index (κ2) is 6.60. The molecule has 0 saturated heterocycles. The summed E-state index contributed by atoms with van der Waals surface area (Å²) in [6.45, 7) is 5.13. The average molecular weight is 340 g/mol. The highest BCUT2D eigenvalue weighted by Crippen LogP contribution is 2.40. The number of ether oxygens (including phenoxy) is 1. The van der Waals surface area contributed by atoms with Gasteiger partial charge in [0.25, 0.3) is 0 Å². The molecule has 0 spiro atoms. The van der Waals surface area contributed by atoms with E-state index in [0.717, 1.165) is 23.2 Å². The molecule has 2 aromatic rings. The molecule has 1 unspecified atom stereocenters. The van der Waals surface area contributed by atoms with Gasteiger partial charge in [0.05, 0.1) is 13.3 Å². The minimum Gasteiger partial charge on any atom is -0.496 e. The fourth-order valence-electron chi connectivity index (χ4n) is 2.98. The molecular weight excluding hydrogens is 316 g/mol. The van der Waals surface area contributed by atoms with Crippen molar-refractivity contribution in [1.29, 1.82) is 0 Å². The first-order valence-electron chi connectivity index (χ1n) is 8.21. The number of rotatable bonds is 5. The van der Waals surface area contributed by atoms with Crippen LogP contribution in [0.2, 0.25) is 0 Å². The first-order chi connectivity index (χ1) is 11.9. The van der Waals surface area contributed by atoms with Crippen LogP contribution in [0.3, 0.4) is 0 Å². The number of aromatic nitrogens is 2. The van der Waals surface area contributed by atoms with Crippen molar-refractivity contribution < 1.29 is 4.74 Å². The van der Waals surface area contributed by atoms with Crippen LogP contribution >= 0.6 is 0 Å². The van der Waals surface area contributed by atoms with Gasteiger partial charge in [0.2, 0.25) is 0 Å². The molecule has 0 amide bonds. The maximum absolute atomic E-state index is 6.74. The number of benzene rings is 1. The molecule has 0 saturated carbocycles. The Balaban J connectivity index is 2.07. The summed E-state index contributed by atoms with van der Waals surface area (Å²) in [6.07, 6.45) is 5.55. The van der Waals surface area contributed by atoms with E-state index < -0.39 is 5.66 Å². The van der Waals surface area contributed by atoms with E-state index in [0.29, 0.717) is 11.7 Å². The number of guanidine groups is 1. The van der Waals surface area contributed by atoms with Crippen LogP contribution in [0.5, 0.6) is 5.75 Å². The van der Waals surface area contributed by atoms with Crippen molar-refractivity contribution >= 4 is 11.5 Å². The molecule has 132 valence electrons. The number of nitrogens with one attached hydrogen (secondary N) is 1. The van der Waals surface area contributed by atoms with E-state index in [1.807, 2.05) is 35.1 Å². The molecule has 25 heavy (non-hydrogen) atoms. The molecule has 1 aliphatic heterocycles. The van der Waals surface area contributed by atoms with Gasteiger partial charge in [-0.1, -0.05) is 32.0 Å². The van der Waals surface area contributed by atoms with Crippen molar-refractivity contribution in [2.45, 2.75) is 26.1 Å². The van der Waals surface area contributed by atoms with Gasteiger partial charge in [-0.05, 0) is 12.0 Å². The van der Waals surface area contributed by atoms with Crippen molar-refractivity contribution in [2.75, 3.05) is 7.11 Å². The third-order valence-electron chi connectivity index (χ3n) is 4.09. The zero-order valence-electron chi connectivity index (χ0n) is 14.7. The number of hydrogen-bond donors (Lipinski definition) is 3. The Morgan fingerprint density at radius 3 is 2.80 bits per heavy atom. The van der Waals surface area contributed by atoms with Gasteiger partial charge in [-0.3, -0.25) is 10.4 Å². The second-order valence-electron chi connectivity index (χ2n) is 6.51. The highest BCUT2D eigenvalue weighted by atomic mass is 16.5. The van der Waals surface area contributed by atoms with E-state index in [-0.39, 0.29) is 5.96 Å². The zero-order valence-corrected chi connectivity index (χ0v) is 14.7. The van der Waals surface area contributed by atoms with Gasteiger partial charge in [-0.15, -0.1) is 0 Å². The maximum Gasteiger partial charge on any atom is 0.195 e. The summed E-state index contributed by atoms with van der Waals surface area (Å²) in [5.74, 6) is 1.41. The molecule has 1 aliphatic rings. The van der Waals surface area contributed by atoms with Crippen molar-refractivity contribution in [1.82, 2.24) is 15.1 Å². The van der Waals surface area contributed by atoms with Gasteiger partial charge in [0, 0.05) is 35.6 Å². The quantitative estimate of drug-likeness (QED) is 0.767. The van der Waals surface area contributed by atoms with Gasteiger partial charge >= 0.3 is 0 Å². The Bertz CT molecular complexity index is 822. The lowest BCUT2D eigenvalue weighted by atomic mass is 9.88. The fourth-order valence-corrected chi connectivity index (χ4v) is 2.98. The average Bonchev–Trinajstić information content (AvgIpc) is 3.02. The molecule has 0 radical (unpaired) electrons. The summed E-state index contributed by atoms with van der Waals surface area (Å²) in [6, 6.07) is 7.55. The molecule has 1 atom stereocenters. The first kappa shape index (κ1) is 17.0. The number of methoxy groups -OCH3 is 1. The number of hydrogen-bond acceptors (Lipinski definition) is 6. The zero-order chi connectivity index (χ0) is 18.0. The second-order valence-corrected chi connectivity index (χ2v) is 6.51. The molecule has 3 rings (SSSR count). The van der Waals surface area contributed by atoms with Crippen molar-refractivity contribution in [3.05, 3.63) is 54.0 Å². The van der Waals surface area contributed by atoms with Gasteiger partial charge in [0.15, 0.2) is 11.6 Å². The Morgan fingerprint density at radius 2 is 2.08 bits per heavy atom. The third kappa shape index (κ3) is 3.23. The summed E-state index contributed by atoms with van der Waals surface area (Å²) < 4.78 is 7.39. The largest absolute Gasteiger partial charge is 0.496 e.